The largest absolute Gasteiger partial charge is 0.375 e. The van der Waals surface area contributed by atoms with Crippen LogP contribution in [0.25, 0.3) is 0 Å². The van der Waals surface area contributed by atoms with Crippen molar-refractivity contribution in [3.05, 3.63) is 42.0 Å². The summed E-state index contributed by atoms with van der Waals surface area (Å²) in [5, 5.41) is 7.63. The smallest absolute Gasteiger partial charge is 0.251 e. The molecule has 0 unspecified atom stereocenters. The van der Waals surface area contributed by atoms with Crippen LogP contribution in [0.4, 0.5) is 0 Å². The van der Waals surface area contributed by atoms with Gasteiger partial charge in [-0.25, -0.2) is 13.6 Å². The average Bonchev–Trinajstić information content (AvgIpc) is 2.37. The zero-order valence-corrected chi connectivity index (χ0v) is 12.1. The molecular weight excluding hydrogens is 280 g/mol. The van der Waals surface area contributed by atoms with Gasteiger partial charge >= 0.3 is 0 Å². The number of nitrogens with two attached hydrogens (primary N) is 1. The summed E-state index contributed by atoms with van der Waals surface area (Å²) in [6, 6.07) is 5.55. The van der Waals surface area contributed by atoms with Crippen LogP contribution in [-0.2, 0) is 14.8 Å². The van der Waals surface area contributed by atoms with Crippen molar-refractivity contribution in [3.63, 3.8) is 0 Å². The predicted octanol–water partition coefficient (Wildman–Crippen LogP) is 0.657. The van der Waals surface area contributed by atoms with Gasteiger partial charge in [-0.1, -0.05) is 18.2 Å². The summed E-state index contributed by atoms with van der Waals surface area (Å²) in [5.41, 5.74) is 1.13. The fourth-order valence-electron chi connectivity index (χ4n) is 1.40. The monoisotopic (exact) mass is 298 g/mol. The van der Waals surface area contributed by atoms with Gasteiger partial charge in [0.05, 0.1) is 18.1 Å². The molecular formula is C13H18N2O4S. The van der Waals surface area contributed by atoms with Crippen LogP contribution in [0.15, 0.2) is 41.3 Å². The SMILES string of the molecule is C=C(C)COCCNC(=O)c1cccc(S(N)(=O)=O)c1. The highest BCUT2D eigenvalue weighted by atomic mass is 32.2. The maximum atomic E-state index is 11.8. The topological polar surface area (TPSA) is 98.5 Å². The van der Waals surface area contributed by atoms with Gasteiger partial charge in [0.1, 0.15) is 0 Å². The number of benzene rings is 1. The van der Waals surface area contributed by atoms with Crippen molar-refractivity contribution in [2.75, 3.05) is 19.8 Å². The van der Waals surface area contributed by atoms with Crippen LogP contribution >= 0.6 is 0 Å². The molecule has 0 fully saturated rings. The Balaban J connectivity index is 2.54. The predicted molar refractivity (Wildman–Crippen MR) is 75.8 cm³/mol. The number of hydrogen-bond donors (Lipinski definition) is 2. The van der Waals surface area contributed by atoms with Crippen molar-refractivity contribution in [1.82, 2.24) is 5.32 Å². The number of primary sulfonamides is 1. The summed E-state index contributed by atoms with van der Waals surface area (Å²) in [6.45, 7) is 6.65. The van der Waals surface area contributed by atoms with E-state index < -0.39 is 10.0 Å². The second kappa shape index (κ2) is 7.18. The first kappa shape index (κ1) is 16.4. The lowest BCUT2D eigenvalue weighted by Gasteiger charge is -2.07. The fourth-order valence-corrected chi connectivity index (χ4v) is 1.96. The summed E-state index contributed by atoms with van der Waals surface area (Å²) >= 11 is 0. The summed E-state index contributed by atoms with van der Waals surface area (Å²) in [4.78, 5) is 11.7. The summed E-state index contributed by atoms with van der Waals surface area (Å²) in [6.07, 6.45) is 0. The second-order valence-electron chi connectivity index (χ2n) is 4.34. The molecule has 0 aromatic heterocycles. The molecule has 1 aromatic carbocycles. The van der Waals surface area contributed by atoms with Crippen molar-refractivity contribution in [1.29, 1.82) is 0 Å². The standard InChI is InChI=1S/C13H18N2O4S/c1-10(2)9-19-7-6-15-13(16)11-4-3-5-12(8-11)20(14,17)18/h3-5,8H,1,6-7,9H2,2H3,(H,15,16)(H2,14,17,18). The highest BCUT2D eigenvalue weighted by Crippen LogP contribution is 2.09. The Labute approximate surface area is 118 Å². The van der Waals surface area contributed by atoms with Crippen LogP contribution in [-0.4, -0.2) is 34.1 Å². The minimum absolute atomic E-state index is 0.0938. The third kappa shape index (κ3) is 5.52. The van der Waals surface area contributed by atoms with Gasteiger partial charge in [-0.05, 0) is 25.1 Å². The highest BCUT2D eigenvalue weighted by molar-refractivity contribution is 7.89. The van der Waals surface area contributed by atoms with E-state index in [4.69, 9.17) is 9.88 Å². The molecule has 1 aromatic rings. The lowest BCUT2D eigenvalue weighted by atomic mass is 10.2. The van der Waals surface area contributed by atoms with Gasteiger partial charge in [-0.2, -0.15) is 0 Å². The van der Waals surface area contributed by atoms with Crippen LogP contribution in [0.2, 0.25) is 0 Å². The molecule has 3 N–H and O–H groups in total. The van der Waals surface area contributed by atoms with Crippen molar-refractivity contribution in [3.8, 4) is 0 Å². The summed E-state index contributed by atoms with van der Waals surface area (Å²) in [5.74, 6) is -0.380. The number of nitrogens with one attached hydrogen (secondary N) is 1. The third-order valence-corrected chi connectivity index (χ3v) is 3.22. The number of ether oxygens (including phenoxy) is 1. The van der Waals surface area contributed by atoms with E-state index in [2.05, 4.69) is 11.9 Å². The Morgan fingerprint density at radius 2 is 2.15 bits per heavy atom. The Bertz CT molecular complexity index is 596. The zero-order chi connectivity index (χ0) is 15.2. The Hall–Kier alpha value is -1.70. The minimum Gasteiger partial charge on any atom is -0.375 e. The maximum Gasteiger partial charge on any atom is 0.251 e. The van der Waals surface area contributed by atoms with E-state index in [1.54, 1.807) is 0 Å². The molecule has 0 heterocycles. The molecule has 0 radical (unpaired) electrons. The van der Waals surface area contributed by atoms with Crippen molar-refractivity contribution >= 4 is 15.9 Å². The molecule has 0 aliphatic rings. The van der Waals surface area contributed by atoms with Gasteiger partial charge in [0.2, 0.25) is 10.0 Å². The quantitative estimate of drug-likeness (QED) is 0.570. The lowest BCUT2D eigenvalue weighted by molar-refractivity contribution is 0.0926. The highest BCUT2D eigenvalue weighted by Gasteiger charge is 2.11. The summed E-state index contributed by atoms with van der Waals surface area (Å²) < 4.78 is 27.6. The molecule has 0 aliphatic heterocycles. The van der Waals surface area contributed by atoms with Gasteiger partial charge in [0.15, 0.2) is 0 Å². The van der Waals surface area contributed by atoms with Gasteiger partial charge in [-0.15, -0.1) is 0 Å². The number of carbonyl (C=O) groups excluding carboxylic acids is 1. The van der Waals surface area contributed by atoms with Crippen LogP contribution in [0.1, 0.15) is 17.3 Å². The molecule has 1 rings (SSSR count). The normalized spacial score (nSPS) is 11.1. The molecule has 6 nitrogen and oxygen atoms in total. The van der Waals surface area contributed by atoms with E-state index in [0.29, 0.717) is 19.8 Å². The zero-order valence-electron chi connectivity index (χ0n) is 11.3. The van der Waals surface area contributed by atoms with E-state index in [1.807, 2.05) is 6.92 Å². The molecule has 0 spiro atoms. The van der Waals surface area contributed by atoms with Crippen molar-refractivity contribution in [2.24, 2.45) is 5.14 Å². The average molecular weight is 298 g/mol. The number of amides is 1. The molecule has 0 saturated heterocycles. The first-order chi connectivity index (χ1) is 9.30. The fraction of sp³-hybridized carbons (Fsp3) is 0.308. The second-order valence-corrected chi connectivity index (χ2v) is 5.90. The van der Waals surface area contributed by atoms with Crippen LogP contribution in [0.5, 0.6) is 0 Å². The van der Waals surface area contributed by atoms with Gasteiger partial charge < -0.3 is 10.1 Å². The number of hydrogen-bond acceptors (Lipinski definition) is 4. The number of rotatable bonds is 7. The molecule has 0 bridgehead atoms. The molecule has 1 amide bonds. The van der Waals surface area contributed by atoms with Gasteiger partial charge in [-0.3, -0.25) is 4.79 Å². The number of carbonyl (C=O) groups is 1. The van der Waals surface area contributed by atoms with Crippen molar-refractivity contribution in [2.45, 2.75) is 11.8 Å². The molecule has 0 atom stereocenters. The third-order valence-electron chi connectivity index (χ3n) is 2.31. The van der Waals surface area contributed by atoms with E-state index >= 15 is 0 Å². The van der Waals surface area contributed by atoms with Gasteiger partial charge in [0, 0.05) is 12.1 Å². The maximum absolute atomic E-state index is 11.8. The molecule has 7 heteroatoms. The van der Waals surface area contributed by atoms with Crippen LogP contribution in [0, 0.1) is 0 Å². The van der Waals surface area contributed by atoms with E-state index in [1.165, 1.54) is 24.3 Å². The Morgan fingerprint density at radius 3 is 2.75 bits per heavy atom. The first-order valence-corrected chi connectivity index (χ1v) is 7.48. The Kier molecular flexibility index (Phi) is 5.87. The van der Waals surface area contributed by atoms with Gasteiger partial charge in [0.25, 0.3) is 5.91 Å². The first-order valence-electron chi connectivity index (χ1n) is 5.94. The minimum atomic E-state index is -3.81. The van der Waals surface area contributed by atoms with Crippen LogP contribution < -0.4 is 10.5 Å². The molecule has 0 aliphatic carbocycles. The molecule has 110 valence electrons. The van der Waals surface area contributed by atoms with Crippen molar-refractivity contribution < 1.29 is 17.9 Å². The molecule has 20 heavy (non-hydrogen) atoms. The Morgan fingerprint density at radius 1 is 1.45 bits per heavy atom. The number of sulfonamides is 1. The van der Waals surface area contributed by atoms with Crippen LogP contribution in [0.3, 0.4) is 0 Å². The lowest BCUT2D eigenvalue weighted by Crippen LogP contribution is -2.27. The van der Waals surface area contributed by atoms with E-state index in [9.17, 15) is 13.2 Å². The van der Waals surface area contributed by atoms with E-state index in [-0.39, 0.29) is 16.4 Å². The summed E-state index contributed by atoms with van der Waals surface area (Å²) in [7, 11) is -3.81. The van der Waals surface area contributed by atoms with E-state index in [0.717, 1.165) is 5.57 Å². The molecule has 0 saturated carbocycles.